The quantitative estimate of drug-likeness (QED) is 0.240. The van der Waals surface area contributed by atoms with Gasteiger partial charge in [-0.3, -0.25) is 4.79 Å². The number of nitrogens with zero attached hydrogens (tertiary/aromatic N) is 1. The number of rotatable bonds is 13. The standard InChI is InChI=1S/C25H29F4N3O4/c1-16(31-6-10-35-21-4-3-19(26)14-22(21)36-15-25(27,28)29)11-17-12-18-5-8-32(7-2-9-33)23(18)20(13-17)24(30)34/h3-5,8,12-14,16,31,33H,2,6-7,9-11,15H2,1H3,(H2,30,34). The van der Waals surface area contributed by atoms with Gasteiger partial charge in [0.15, 0.2) is 18.1 Å². The number of hydrogen-bond donors (Lipinski definition) is 3. The summed E-state index contributed by atoms with van der Waals surface area (Å²) in [6.45, 7) is 1.46. The van der Waals surface area contributed by atoms with Crippen LogP contribution in [0.3, 0.4) is 0 Å². The summed E-state index contributed by atoms with van der Waals surface area (Å²) in [6, 6.07) is 8.76. The minimum absolute atomic E-state index is 0.0114. The fourth-order valence-corrected chi connectivity index (χ4v) is 3.91. The van der Waals surface area contributed by atoms with Gasteiger partial charge in [-0.25, -0.2) is 4.39 Å². The molecule has 0 saturated heterocycles. The molecule has 0 bridgehead atoms. The number of aliphatic hydroxyl groups is 1. The summed E-state index contributed by atoms with van der Waals surface area (Å²) >= 11 is 0. The van der Waals surface area contributed by atoms with Gasteiger partial charge in [0.2, 0.25) is 0 Å². The molecule has 4 N–H and O–H groups in total. The Morgan fingerprint density at radius 2 is 1.94 bits per heavy atom. The minimum Gasteiger partial charge on any atom is -0.488 e. The molecule has 36 heavy (non-hydrogen) atoms. The maximum absolute atomic E-state index is 13.4. The summed E-state index contributed by atoms with van der Waals surface area (Å²) in [5.41, 5.74) is 7.67. The van der Waals surface area contributed by atoms with E-state index in [0.717, 1.165) is 28.6 Å². The van der Waals surface area contributed by atoms with E-state index in [1.165, 1.54) is 6.07 Å². The molecule has 3 aromatic rings. The van der Waals surface area contributed by atoms with Gasteiger partial charge in [0.05, 0.1) is 11.1 Å². The number of aliphatic hydroxyl groups excluding tert-OH is 1. The number of aromatic nitrogens is 1. The third kappa shape index (κ3) is 7.59. The van der Waals surface area contributed by atoms with Gasteiger partial charge in [0.25, 0.3) is 5.91 Å². The van der Waals surface area contributed by atoms with Crippen molar-refractivity contribution in [2.75, 3.05) is 26.4 Å². The fraction of sp³-hybridized carbons (Fsp3) is 0.400. The lowest BCUT2D eigenvalue weighted by atomic mass is 10.0. The zero-order valence-corrected chi connectivity index (χ0v) is 19.8. The molecule has 0 fully saturated rings. The van der Waals surface area contributed by atoms with E-state index < -0.39 is 24.5 Å². The van der Waals surface area contributed by atoms with Gasteiger partial charge in [0.1, 0.15) is 12.4 Å². The summed E-state index contributed by atoms with van der Waals surface area (Å²) < 4.78 is 62.8. The zero-order chi connectivity index (χ0) is 26.3. The van der Waals surface area contributed by atoms with Crippen molar-refractivity contribution in [3.05, 3.63) is 59.5 Å². The average Bonchev–Trinajstić information content (AvgIpc) is 3.21. The molecule has 11 heteroatoms. The Hall–Kier alpha value is -3.31. The van der Waals surface area contributed by atoms with E-state index in [4.69, 9.17) is 15.6 Å². The summed E-state index contributed by atoms with van der Waals surface area (Å²) in [5.74, 6) is -1.58. The lowest BCUT2D eigenvalue weighted by Gasteiger charge is -2.17. The van der Waals surface area contributed by atoms with Crippen LogP contribution in [0, 0.1) is 5.82 Å². The molecule has 1 aromatic heterocycles. The van der Waals surface area contributed by atoms with Crippen molar-refractivity contribution >= 4 is 16.8 Å². The summed E-state index contributed by atoms with van der Waals surface area (Å²) in [6.07, 6.45) is -1.56. The van der Waals surface area contributed by atoms with E-state index in [-0.39, 0.29) is 30.8 Å². The SMILES string of the molecule is CC(Cc1cc(C(N)=O)c2c(ccn2CCCO)c1)NCCOc1ccc(F)cc1OCC(F)(F)F. The highest BCUT2D eigenvalue weighted by Gasteiger charge is 2.29. The Labute approximate surface area is 205 Å². The maximum atomic E-state index is 13.4. The number of fused-ring (bicyclic) bond motifs is 1. The molecule has 0 aliphatic heterocycles. The number of benzene rings is 2. The Bertz CT molecular complexity index is 1180. The lowest BCUT2D eigenvalue weighted by molar-refractivity contribution is -0.153. The Morgan fingerprint density at radius 3 is 2.64 bits per heavy atom. The number of alkyl halides is 3. The van der Waals surface area contributed by atoms with Crippen molar-refractivity contribution in [1.29, 1.82) is 0 Å². The summed E-state index contributed by atoms with van der Waals surface area (Å²) in [4.78, 5) is 12.1. The molecular formula is C25H29F4N3O4. The normalized spacial score (nSPS) is 12.6. The van der Waals surface area contributed by atoms with E-state index in [9.17, 15) is 22.4 Å². The van der Waals surface area contributed by atoms with E-state index in [1.54, 1.807) is 6.07 Å². The van der Waals surface area contributed by atoms with E-state index in [0.29, 0.717) is 31.5 Å². The highest BCUT2D eigenvalue weighted by atomic mass is 19.4. The number of amides is 1. The van der Waals surface area contributed by atoms with Crippen LogP contribution >= 0.6 is 0 Å². The van der Waals surface area contributed by atoms with Crippen molar-refractivity contribution in [3.8, 4) is 11.5 Å². The Balaban J connectivity index is 1.58. The second-order valence-electron chi connectivity index (χ2n) is 8.43. The van der Waals surface area contributed by atoms with Crippen LogP contribution in [0.4, 0.5) is 17.6 Å². The highest BCUT2D eigenvalue weighted by molar-refractivity contribution is 6.05. The third-order valence-electron chi connectivity index (χ3n) is 5.43. The number of primary amides is 1. The molecule has 196 valence electrons. The van der Waals surface area contributed by atoms with Crippen molar-refractivity contribution in [3.63, 3.8) is 0 Å². The van der Waals surface area contributed by atoms with Crippen LogP contribution < -0.4 is 20.5 Å². The van der Waals surface area contributed by atoms with Gasteiger partial charge in [-0.05, 0) is 55.7 Å². The molecule has 1 atom stereocenters. The molecule has 1 heterocycles. The van der Waals surface area contributed by atoms with Crippen molar-refractivity contribution in [2.45, 2.75) is 38.5 Å². The third-order valence-corrected chi connectivity index (χ3v) is 5.43. The first-order chi connectivity index (χ1) is 17.1. The number of ether oxygens (including phenoxy) is 2. The van der Waals surface area contributed by atoms with Crippen LogP contribution in [0.15, 0.2) is 42.6 Å². The first-order valence-corrected chi connectivity index (χ1v) is 11.4. The van der Waals surface area contributed by atoms with Gasteiger partial charge in [-0.15, -0.1) is 0 Å². The highest BCUT2D eigenvalue weighted by Crippen LogP contribution is 2.30. The van der Waals surface area contributed by atoms with E-state index in [2.05, 4.69) is 10.1 Å². The number of aryl methyl sites for hydroxylation is 1. The van der Waals surface area contributed by atoms with Crippen molar-refractivity contribution in [1.82, 2.24) is 9.88 Å². The molecule has 0 radical (unpaired) electrons. The molecule has 0 saturated carbocycles. The van der Waals surface area contributed by atoms with Gasteiger partial charge in [-0.1, -0.05) is 0 Å². The zero-order valence-electron chi connectivity index (χ0n) is 19.8. The first kappa shape index (κ1) is 27.3. The summed E-state index contributed by atoms with van der Waals surface area (Å²) in [5, 5.41) is 13.2. The van der Waals surface area contributed by atoms with E-state index >= 15 is 0 Å². The monoisotopic (exact) mass is 511 g/mol. The van der Waals surface area contributed by atoms with Crippen LogP contribution in [0.25, 0.3) is 10.9 Å². The topological polar surface area (TPSA) is 98.7 Å². The Morgan fingerprint density at radius 1 is 1.17 bits per heavy atom. The van der Waals surface area contributed by atoms with Gasteiger partial charge >= 0.3 is 6.18 Å². The van der Waals surface area contributed by atoms with Crippen molar-refractivity contribution in [2.24, 2.45) is 5.73 Å². The molecule has 0 spiro atoms. The smallest absolute Gasteiger partial charge is 0.422 e. The van der Waals surface area contributed by atoms with Crippen LogP contribution in [-0.2, 0) is 13.0 Å². The molecule has 3 rings (SSSR count). The Kier molecular flexibility index (Phi) is 9.16. The van der Waals surface area contributed by atoms with Gasteiger partial charge in [-0.2, -0.15) is 13.2 Å². The number of carbonyl (C=O) groups excluding carboxylic acids is 1. The molecule has 7 nitrogen and oxygen atoms in total. The van der Waals surface area contributed by atoms with Crippen LogP contribution in [-0.4, -0.2) is 54.2 Å². The molecular weight excluding hydrogens is 482 g/mol. The van der Waals surface area contributed by atoms with Crippen molar-refractivity contribution < 1.29 is 36.9 Å². The molecule has 0 aliphatic rings. The second-order valence-corrected chi connectivity index (χ2v) is 8.43. The maximum Gasteiger partial charge on any atom is 0.422 e. The second kappa shape index (κ2) is 12.1. The number of halogens is 4. The number of carbonyl (C=O) groups is 1. The van der Waals surface area contributed by atoms with Gasteiger partial charge in [0, 0.05) is 43.4 Å². The molecule has 2 aromatic carbocycles. The number of nitrogens with one attached hydrogen (secondary N) is 1. The molecule has 1 amide bonds. The number of nitrogens with two attached hydrogens (primary N) is 1. The van der Waals surface area contributed by atoms with Crippen LogP contribution in [0.5, 0.6) is 11.5 Å². The fourth-order valence-electron chi connectivity index (χ4n) is 3.91. The predicted octanol–water partition coefficient (Wildman–Crippen LogP) is 3.80. The molecule has 1 unspecified atom stereocenters. The van der Waals surface area contributed by atoms with Crippen LogP contribution in [0.1, 0.15) is 29.3 Å². The van der Waals surface area contributed by atoms with Gasteiger partial charge < -0.3 is 30.2 Å². The lowest BCUT2D eigenvalue weighted by Crippen LogP contribution is -2.32. The minimum atomic E-state index is -4.56. The van der Waals surface area contributed by atoms with E-state index in [1.807, 2.05) is 29.8 Å². The summed E-state index contributed by atoms with van der Waals surface area (Å²) in [7, 11) is 0. The number of hydrogen-bond acceptors (Lipinski definition) is 5. The molecule has 0 aliphatic carbocycles. The predicted molar refractivity (Wildman–Crippen MR) is 127 cm³/mol. The average molecular weight is 512 g/mol. The first-order valence-electron chi connectivity index (χ1n) is 11.4. The largest absolute Gasteiger partial charge is 0.488 e. The van der Waals surface area contributed by atoms with Crippen LogP contribution in [0.2, 0.25) is 0 Å².